The molecule has 0 heterocycles. The minimum atomic E-state index is 0.240. The van der Waals surface area contributed by atoms with E-state index in [2.05, 4.69) is 86.9 Å². The molecule has 2 nitrogen and oxygen atoms in total. The van der Waals surface area contributed by atoms with Crippen molar-refractivity contribution in [3.8, 4) is 0 Å². The van der Waals surface area contributed by atoms with Crippen molar-refractivity contribution >= 4 is 17.3 Å². The van der Waals surface area contributed by atoms with Gasteiger partial charge in [-0.15, -0.1) is 0 Å². The normalized spacial score (nSPS) is 12.0. The van der Waals surface area contributed by atoms with Gasteiger partial charge in [0.25, 0.3) is 0 Å². The average molecular weight is 341 g/mol. The number of hydrogen-bond donors (Lipinski definition) is 2. The van der Waals surface area contributed by atoms with Crippen molar-refractivity contribution < 1.29 is 0 Å². The van der Waals surface area contributed by atoms with Gasteiger partial charge in [0.15, 0.2) is 5.11 Å². The van der Waals surface area contributed by atoms with Crippen molar-refractivity contribution in [2.45, 2.75) is 52.6 Å². The van der Waals surface area contributed by atoms with Crippen molar-refractivity contribution in [2.24, 2.45) is 0 Å². The fraction of sp³-hybridized carbons (Fsp3) is 0.381. The van der Waals surface area contributed by atoms with Gasteiger partial charge in [-0.2, -0.15) is 0 Å². The van der Waals surface area contributed by atoms with Gasteiger partial charge in [0, 0.05) is 6.54 Å². The van der Waals surface area contributed by atoms with Crippen LogP contribution in [0.5, 0.6) is 0 Å². The third kappa shape index (κ3) is 5.34. The molecule has 1 atom stereocenters. The van der Waals surface area contributed by atoms with Gasteiger partial charge >= 0.3 is 0 Å². The molecule has 0 radical (unpaired) electrons. The fourth-order valence-corrected chi connectivity index (χ4v) is 2.85. The summed E-state index contributed by atoms with van der Waals surface area (Å²) in [5.41, 5.74) is 5.16. The van der Waals surface area contributed by atoms with Crippen LogP contribution in [0.25, 0.3) is 0 Å². The molecule has 0 spiro atoms. The highest BCUT2D eigenvalue weighted by molar-refractivity contribution is 7.80. The fourth-order valence-electron chi connectivity index (χ4n) is 2.63. The maximum Gasteiger partial charge on any atom is 0.167 e. The minimum absolute atomic E-state index is 0.240. The van der Waals surface area contributed by atoms with Crippen LogP contribution >= 0.6 is 12.2 Å². The highest BCUT2D eigenvalue weighted by Gasteiger charge is 2.11. The van der Waals surface area contributed by atoms with E-state index in [9.17, 15) is 0 Å². The molecular weight excluding hydrogens is 312 g/mol. The Bertz CT molecular complexity index is 645. The first kappa shape index (κ1) is 18.5. The zero-order chi connectivity index (χ0) is 17.5. The average Bonchev–Trinajstić information content (AvgIpc) is 2.59. The first-order valence-corrected chi connectivity index (χ1v) is 9.10. The maximum absolute atomic E-state index is 5.47. The van der Waals surface area contributed by atoms with Crippen molar-refractivity contribution in [3.63, 3.8) is 0 Å². The molecule has 3 heteroatoms. The molecule has 2 aromatic rings. The maximum atomic E-state index is 5.47. The van der Waals surface area contributed by atoms with Crippen molar-refractivity contribution in [1.82, 2.24) is 10.6 Å². The van der Waals surface area contributed by atoms with E-state index >= 15 is 0 Å². The van der Waals surface area contributed by atoms with E-state index < -0.39 is 0 Å². The summed E-state index contributed by atoms with van der Waals surface area (Å²) in [5.74, 6) is 0.560. The van der Waals surface area contributed by atoms with Crippen LogP contribution in [0.1, 0.15) is 61.4 Å². The summed E-state index contributed by atoms with van der Waals surface area (Å²) in [4.78, 5) is 0. The molecule has 0 aromatic heterocycles. The van der Waals surface area contributed by atoms with Crippen LogP contribution in [0.15, 0.2) is 48.5 Å². The number of hydrogen-bond acceptors (Lipinski definition) is 1. The largest absolute Gasteiger partial charge is 0.359 e. The standard InChI is InChI=1S/C21H28N2S/c1-5-20(19-12-10-18(11-13-19)15(2)3)23-21(24)22-14-17-8-6-16(4)7-9-17/h6-13,15,20H,5,14H2,1-4H3,(H2,22,23,24). The molecule has 0 saturated carbocycles. The van der Waals surface area contributed by atoms with Crippen LogP contribution < -0.4 is 10.6 Å². The third-order valence-electron chi connectivity index (χ3n) is 4.29. The second-order valence-corrected chi connectivity index (χ2v) is 7.00. The van der Waals surface area contributed by atoms with E-state index in [-0.39, 0.29) is 6.04 Å². The Hall–Kier alpha value is -1.87. The van der Waals surface area contributed by atoms with Crippen LogP contribution in [0.2, 0.25) is 0 Å². The van der Waals surface area contributed by atoms with Crippen molar-refractivity contribution in [2.75, 3.05) is 0 Å². The molecular formula is C21H28N2S. The highest BCUT2D eigenvalue weighted by Crippen LogP contribution is 2.20. The second kappa shape index (κ2) is 8.84. The summed E-state index contributed by atoms with van der Waals surface area (Å²) in [6.45, 7) is 9.45. The first-order chi connectivity index (χ1) is 11.5. The Kier molecular flexibility index (Phi) is 6.80. The Morgan fingerprint density at radius 3 is 2.08 bits per heavy atom. The summed E-state index contributed by atoms with van der Waals surface area (Å²) in [5, 5.41) is 7.44. The lowest BCUT2D eigenvalue weighted by molar-refractivity contribution is 0.615. The molecule has 0 saturated heterocycles. The molecule has 128 valence electrons. The molecule has 2 rings (SSSR count). The van der Waals surface area contributed by atoms with E-state index in [0.29, 0.717) is 11.0 Å². The molecule has 24 heavy (non-hydrogen) atoms. The van der Waals surface area contributed by atoms with Gasteiger partial charge in [-0.25, -0.2) is 0 Å². The Morgan fingerprint density at radius 2 is 1.54 bits per heavy atom. The smallest absolute Gasteiger partial charge is 0.167 e. The topological polar surface area (TPSA) is 24.1 Å². The number of rotatable bonds is 6. The second-order valence-electron chi connectivity index (χ2n) is 6.59. The molecule has 0 bridgehead atoms. The zero-order valence-electron chi connectivity index (χ0n) is 15.1. The van der Waals surface area contributed by atoms with Gasteiger partial charge < -0.3 is 10.6 Å². The summed E-state index contributed by atoms with van der Waals surface area (Å²) in [7, 11) is 0. The predicted molar refractivity (Wildman–Crippen MR) is 107 cm³/mol. The molecule has 0 aliphatic carbocycles. The summed E-state index contributed by atoms with van der Waals surface area (Å²) < 4.78 is 0. The van der Waals surface area contributed by atoms with E-state index in [1.165, 1.54) is 22.3 Å². The van der Waals surface area contributed by atoms with Crippen molar-refractivity contribution in [3.05, 3.63) is 70.8 Å². The molecule has 2 N–H and O–H groups in total. The van der Waals surface area contributed by atoms with Crippen LogP contribution in [0.4, 0.5) is 0 Å². The number of aryl methyl sites for hydroxylation is 1. The van der Waals surface area contributed by atoms with Crippen LogP contribution in [0.3, 0.4) is 0 Å². The lowest BCUT2D eigenvalue weighted by atomic mass is 9.98. The number of nitrogens with one attached hydrogen (secondary N) is 2. The van der Waals surface area contributed by atoms with Gasteiger partial charge in [-0.3, -0.25) is 0 Å². The van der Waals surface area contributed by atoms with Gasteiger partial charge in [0.05, 0.1) is 6.04 Å². The van der Waals surface area contributed by atoms with Crippen molar-refractivity contribution in [1.29, 1.82) is 0 Å². The van der Waals surface area contributed by atoms with Gasteiger partial charge in [-0.05, 0) is 48.2 Å². The SMILES string of the molecule is CCC(NC(=S)NCc1ccc(C)cc1)c1ccc(C(C)C)cc1. The van der Waals surface area contributed by atoms with Crippen LogP contribution in [0, 0.1) is 6.92 Å². The molecule has 0 amide bonds. The quantitative estimate of drug-likeness (QED) is 0.704. The van der Waals surface area contributed by atoms with Crippen LogP contribution in [-0.2, 0) is 6.54 Å². The Balaban J connectivity index is 1.91. The molecule has 1 unspecified atom stereocenters. The molecule has 0 aliphatic heterocycles. The molecule has 2 aromatic carbocycles. The summed E-state index contributed by atoms with van der Waals surface area (Å²) >= 11 is 5.47. The monoisotopic (exact) mass is 340 g/mol. The van der Waals surface area contributed by atoms with E-state index in [1.54, 1.807) is 0 Å². The summed E-state index contributed by atoms with van der Waals surface area (Å²) in [6, 6.07) is 17.6. The van der Waals surface area contributed by atoms with E-state index in [4.69, 9.17) is 12.2 Å². The predicted octanol–water partition coefficient (Wildman–Crippen LogP) is 5.23. The molecule has 0 aliphatic rings. The minimum Gasteiger partial charge on any atom is -0.359 e. The first-order valence-electron chi connectivity index (χ1n) is 8.69. The van der Waals surface area contributed by atoms with E-state index in [0.717, 1.165) is 13.0 Å². The Labute approximate surface area is 151 Å². The van der Waals surface area contributed by atoms with Gasteiger partial charge in [0.1, 0.15) is 0 Å². The van der Waals surface area contributed by atoms with Crippen LogP contribution in [-0.4, -0.2) is 5.11 Å². The Morgan fingerprint density at radius 1 is 0.958 bits per heavy atom. The van der Waals surface area contributed by atoms with Gasteiger partial charge in [-0.1, -0.05) is 74.9 Å². The van der Waals surface area contributed by atoms with Gasteiger partial charge in [0.2, 0.25) is 0 Å². The summed E-state index contributed by atoms with van der Waals surface area (Å²) in [6.07, 6.45) is 0.993. The molecule has 0 fully saturated rings. The number of benzene rings is 2. The lowest BCUT2D eigenvalue weighted by Gasteiger charge is -2.20. The lowest BCUT2D eigenvalue weighted by Crippen LogP contribution is -2.37. The zero-order valence-corrected chi connectivity index (χ0v) is 15.9. The highest BCUT2D eigenvalue weighted by atomic mass is 32.1. The third-order valence-corrected chi connectivity index (χ3v) is 4.55. The van der Waals surface area contributed by atoms with E-state index in [1.807, 2.05) is 0 Å². The number of thiocarbonyl (C=S) groups is 1.